The van der Waals surface area contributed by atoms with Crippen LogP contribution in [0.4, 0.5) is 0 Å². The van der Waals surface area contributed by atoms with Gasteiger partial charge in [-0.25, -0.2) is 0 Å². The Morgan fingerprint density at radius 1 is 0.160 bits per heavy atom. The minimum atomic E-state index is 0.897. The molecule has 0 radical (unpaired) electrons. The Morgan fingerprint density at radius 2 is 0.346 bits per heavy atom. The minimum absolute atomic E-state index is 0.897. The summed E-state index contributed by atoms with van der Waals surface area (Å²) in [6.07, 6.45) is 4.85. The Balaban J connectivity index is 1.09. The van der Waals surface area contributed by atoms with Crippen molar-refractivity contribution in [1.82, 2.24) is 0 Å². The second-order valence-electron chi connectivity index (χ2n) is 21.9. The van der Waals surface area contributed by atoms with Gasteiger partial charge >= 0.3 is 0 Å². The molecule has 0 saturated heterocycles. The maximum atomic E-state index is 2.52. The van der Waals surface area contributed by atoms with E-state index in [0.29, 0.717) is 0 Å². The molecule has 382 valence electrons. The molecule has 0 fully saturated rings. The Morgan fingerprint density at radius 3 is 0.568 bits per heavy atom. The molecule has 0 heterocycles. The molecule has 0 spiro atoms. The smallest absolute Gasteiger partial charge is 0.00141 e. The predicted octanol–water partition coefficient (Wildman–Crippen LogP) is 22.5. The van der Waals surface area contributed by atoms with Gasteiger partial charge in [-0.1, -0.05) is 273 Å². The largest absolute Gasteiger partial charge is 0.0622 e. The fourth-order valence-electron chi connectivity index (χ4n) is 13.9. The lowest BCUT2D eigenvalue weighted by Crippen LogP contribution is -2.05. The Hall–Kier alpha value is -9.88. The molecule has 0 unspecified atom stereocenters. The van der Waals surface area contributed by atoms with Crippen molar-refractivity contribution >= 4 is 32.3 Å². The van der Waals surface area contributed by atoms with Crippen LogP contribution in [0.2, 0.25) is 0 Å². The first-order chi connectivity index (χ1) is 40.2. The molecule has 0 heteroatoms. The van der Waals surface area contributed by atoms with Gasteiger partial charge in [0, 0.05) is 0 Å². The Labute approximate surface area is 475 Å². The second kappa shape index (κ2) is 20.7. The van der Waals surface area contributed by atoms with E-state index in [0.717, 1.165) is 32.1 Å². The highest BCUT2D eigenvalue weighted by Crippen LogP contribution is 2.57. The maximum Gasteiger partial charge on any atom is -0.00141 e. The first-order valence-electron chi connectivity index (χ1n) is 28.9. The highest BCUT2D eigenvalue weighted by molar-refractivity contribution is 6.25. The van der Waals surface area contributed by atoms with Crippen molar-refractivity contribution in [2.75, 3.05) is 0 Å². The molecule has 14 aromatic rings. The summed E-state index contributed by atoms with van der Waals surface area (Å²) < 4.78 is 0. The minimum Gasteiger partial charge on any atom is -0.0622 e. The number of fused-ring (bicyclic) bond motifs is 2. The molecule has 0 saturated carbocycles. The van der Waals surface area contributed by atoms with Gasteiger partial charge in [-0.2, -0.15) is 0 Å². The van der Waals surface area contributed by atoms with Crippen LogP contribution in [0.15, 0.2) is 291 Å². The third-order valence-electron chi connectivity index (χ3n) is 17.2. The first kappa shape index (κ1) is 48.3. The van der Waals surface area contributed by atoms with Crippen molar-refractivity contribution in [3.05, 3.63) is 302 Å². The van der Waals surface area contributed by atoms with Crippen molar-refractivity contribution in [2.24, 2.45) is 0 Å². The van der Waals surface area contributed by atoms with E-state index >= 15 is 0 Å². The second-order valence-corrected chi connectivity index (χ2v) is 21.9. The molecular formula is C81H58. The van der Waals surface area contributed by atoms with E-state index in [2.05, 4.69) is 291 Å². The number of benzene rings is 14. The summed E-state index contributed by atoms with van der Waals surface area (Å²) in [5.74, 6) is 0. The number of hydrogen-bond acceptors (Lipinski definition) is 0. The molecule has 0 amide bonds. The lowest BCUT2D eigenvalue weighted by molar-refractivity contribution is 0.680. The molecule has 14 aromatic carbocycles. The molecule has 8 bridgehead atoms. The number of rotatable bonds is 8. The van der Waals surface area contributed by atoms with E-state index in [1.165, 1.54) is 155 Å². The van der Waals surface area contributed by atoms with Gasteiger partial charge in [0.1, 0.15) is 0 Å². The van der Waals surface area contributed by atoms with Gasteiger partial charge in [0.25, 0.3) is 0 Å². The molecule has 0 aromatic heterocycles. The summed E-state index contributed by atoms with van der Waals surface area (Å²) in [5, 5.41) is 7.66. The summed E-state index contributed by atoms with van der Waals surface area (Å²) in [7, 11) is 0. The molecule has 3 aliphatic rings. The van der Waals surface area contributed by atoms with E-state index in [-0.39, 0.29) is 0 Å². The molecule has 17 rings (SSSR count). The average molecular weight is 1030 g/mol. The summed E-state index contributed by atoms with van der Waals surface area (Å²) >= 11 is 0. The van der Waals surface area contributed by atoms with Crippen molar-refractivity contribution in [3.63, 3.8) is 0 Å². The molecule has 0 aliphatic heterocycles. The third-order valence-corrected chi connectivity index (χ3v) is 17.2. The topological polar surface area (TPSA) is 0 Å². The van der Waals surface area contributed by atoms with Crippen LogP contribution in [0.25, 0.3) is 144 Å². The Bertz CT molecular complexity index is 4210. The summed E-state index contributed by atoms with van der Waals surface area (Å²) in [4.78, 5) is 0. The zero-order valence-electron chi connectivity index (χ0n) is 45.2. The summed E-state index contributed by atoms with van der Waals surface area (Å²) in [6, 6.07) is 110. The normalized spacial score (nSPS) is 12.4. The molecule has 81 heavy (non-hydrogen) atoms. The van der Waals surface area contributed by atoms with Crippen LogP contribution in [-0.4, -0.2) is 0 Å². The molecule has 3 aliphatic carbocycles. The molecule has 0 N–H and O–H groups in total. The molecule has 0 atom stereocenters. The van der Waals surface area contributed by atoms with E-state index in [1.807, 2.05) is 0 Å². The first-order valence-corrected chi connectivity index (χ1v) is 28.9. The van der Waals surface area contributed by atoms with E-state index in [1.54, 1.807) is 0 Å². The van der Waals surface area contributed by atoms with Gasteiger partial charge in [0.15, 0.2) is 0 Å². The van der Waals surface area contributed by atoms with Crippen molar-refractivity contribution in [3.8, 4) is 111 Å². The lowest BCUT2D eigenvalue weighted by atomic mass is 9.74. The van der Waals surface area contributed by atoms with Crippen molar-refractivity contribution in [2.45, 2.75) is 32.1 Å². The Kier molecular flexibility index (Phi) is 12.4. The van der Waals surface area contributed by atoms with E-state index in [9.17, 15) is 0 Å². The van der Waals surface area contributed by atoms with Crippen LogP contribution in [0.5, 0.6) is 0 Å². The zero-order chi connectivity index (χ0) is 53.6. The van der Waals surface area contributed by atoms with Crippen molar-refractivity contribution < 1.29 is 0 Å². The fourth-order valence-corrected chi connectivity index (χ4v) is 13.9. The van der Waals surface area contributed by atoms with Crippen LogP contribution >= 0.6 is 0 Å². The van der Waals surface area contributed by atoms with Gasteiger partial charge in [-0.3, -0.25) is 0 Å². The van der Waals surface area contributed by atoms with Crippen LogP contribution < -0.4 is 0 Å². The molecule has 0 nitrogen and oxygen atoms in total. The third kappa shape index (κ3) is 8.46. The zero-order valence-corrected chi connectivity index (χ0v) is 45.2. The van der Waals surface area contributed by atoms with E-state index < -0.39 is 0 Å². The van der Waals surface area contributed by atoms with Gasteiger partial charge in [0.2, 0.25) is 0 Å². The highest BCUT2D eigenvalue weighted by atomic mass is 14.3. The maximum absolute atomic E-state index is 2.52. The van der Waals surface area contributed by atoms with Gasteiger partial charge in [-0.15, -0.1) is 0 Å². The lowest BCUT2D eigenvalue weighted by Gasteiger charge is -2.29. The summed E-state index contributed by atoms with van der Waals surface area (Å²) in [5.41, 5.74) is 28.0. The van der Waals surface area contributed by atoms with Gasteiger partial charge in [0.05, 0.1) is 0 Å². The average Bonchev–Trinajstić information content (AvgIpc) is 3.65. The van der Waals surface area contributed by atoms with Crippen LogP contribution in [0.1, 0.15) is 30.4 Å². The van der Waals surface area contributed by atoms with Gasteiger partial charge in [-0.05, 0) is 205 Å². The van der Waals surface area contributed by atoms with Crippen molar-refractivity contribution in [1.29, 1.82) is 0 Å². The van der Waals surface area contributed by atoms with Crippen LogP contribution in [0, 0.1) is 0 Å². The van der Waals surface area contributed by atoms with E-state index in [4.69, 9.17) is 0 Å². The van der Waals surface area contributed by atoms with Crippen LogP contribution in [0.3, 0.4) is 0 Å². The van der Waals surface area contributed by atoms with Crippen LogP contribution in [-0.2, 0) is 12.8 Å². The predicted molar refractivity (Wildman–Crippen MR) is 346 cm³/mol. The fraction of sp³-hybridized carbons (Fsp3) is 0.0617. The van der Waals surface area contributed by atoms with Gasteiger partial charge < -0.3 is 0 Å². The SMILES string of the molecule is c1ccc(-c2c3c(c(-c4ccccc4)c(-c4ccccc4)c2-c2ccccc2)-c2cc4ccc5cc(cc6ccc(c2)c4c56)-c2c(c(-c4ccccc4)c(-c4ccccc4)c(-c4ccccc4)c2-c2ccccc2)CCCCC3)cc1. The highest BCUT2D eigenvalue weighted by Gasteiger charge is 2.31. The monoisotopic (exact) mass is 1030 g/mol. The number of hydrogen-bond donors (Lipinski definition) is 0. The summed E-state index contributed by atoms with van der Waals surface area (Å²) in [6.45, 7) is 0. The standard InChI is InChI=1S/C81H58/c1-10-28-54(29-11-1)72-68-44-26-9-27-45-69-73(55-30-12-2-13-31-55)77(57-34-16-4-17-35-57)81(61-42-24-8-25-43-61)79(59-38-20-6-21-39-59)75(69)67-52-64-48-46-62-50-66(51-63-47-49-65(53-67)71(64)70(62)63)74(68)78(58-36-18-5-19-37-58)80(60-40-22-7-23-41-60)76(72)56-32-14-3-15-33-56/h1-8,10-25,28-43,46-53H,9,26-27,44-45H2. The molecular weight excluding hydrogens is 973 g/mol. The quantitative estimate of drug-likeness (QED) is 0.133.